The first-order valence-corrected chi connectivity index (χ1v) is 13.5. The molecule has 34 heavy (non-hydrogen) atoms. The second kappa shape index (κ2) is 10.4. The van der Waals surface area contributed by atoms with Crippen molar-refractivity contribution < 1.29 is 22.2 Å². The van der Waals surface area contributed by atoms with E-state index in [2.05, 4.69) is 35.4 Å². The summed E-state index contributed by atoms with van der Waals surface area (Å²) in [6.07, 6.45) is 3.89. The fourth-order valence-corrected chi connectivity index (χ4v) is 5.51. The van der Waals surface area contributed by atoms with Crippen LogP contribution >= 0.6 is 27.3 Å². The quantitative estimate of drug-likeness (QED) is 0.377. The Labute approximate surface area is 209 Å². The monoisotopic (exact) mass is 564 g/mol. The summed E-state index contributed by atoms with van der Waals surface area (Å²) >= 11 is 4.81. The Hall–Kier alpha value is -2.51. The molecule has 3 aromatic rings. The van der Waals surface area contributed by atoms with Crippen molar-refractivity contribution in [2.24, 2.45) is 11.1 Å². The van der Waals surface area contributed by atoms with E-state index >= 15 is 0 Å². The predicted octanol–water partition coefficient (Wildman–Crippen LogP) is 3.10. The molecular formula is C22H21BrN4O5S2. The number of rotatable bonds is 9. The molecule has 2 heterocycles. The van der Waals surface area contributed by atoms with Crippen molar-refractivity contribution in [1.82, 2.24) is 9.97 Å². The van der Waals surface area contributed by atoms with E-state index in [0.717, 1.165) is 15.6 Å². The Kier molecular flexibility index (Phi) is 7.53. The van der Waals surface area contributed by atoms with Gasteiger partial charge in [-0.05, 0) is 53.5 Å². The number of aromatic nitrogens is 2. The molecule has 0 radical (unpaired) electrons. The summed E-state index contributed by atoms with van der Waals surface area (Å²) < 4.78 is 27.6. The largest absolute Gasteiger partial charge is 0.360 e. The van der Waals surface area contributed by atoms with Gasteiger partial charge in [-0.3, -0.25) is 13.8 Å². The average molecular weight is 565 g/mol. The van der Waals surface area contributed by atoms with Crippen molar-refractivity contribution in [3.05, 3.63) is 74.3 Å². The molecule has 0 bridgehead atoms. The zero-order valence-electron chi connectivity index (χ0n) is 17.8. The third kappa shape index (κ3) is 6.33. The number of carbonyl (C=O) groups is 2. The molecule has 1 fully saturated rings. The van der Waals surface area contributed by atoms with Crippen molar-refractivity contribution in [3.63, 3.8) is 0 Å². The Morgan fingerprint density at radius 3 is 2.88 bits per heavy atom. The molecule has 9 nitrogen and oxygen atoms in total. The highest BCUT2D eigenvalue weighted by Gasteiger charge is 2.34. The van der Waals surface area contributed by atoms with Crippen LogP contribution in [-0.4, -0.2) is 42.6 Å². The summed E-state index contributed by atoms with van der Waals surface area (Å²) in [5, 5.41) is 9.84. The second-order valence-corrected chi connectivity index (χ2v) is 11.0. The van der Waals surface area contributed by atoms with Gasteiger partial charge in [0.2, 0.25) is 5.78 Å². The lowest BCUT2D eigenvalue weighted by Crippen LogP contribution is -2.26. The number of thiophene rings is 1. The summed E-state index contributed by atoms with van der Waals surface area (Å²) in [5.41, 5.74) is 2.40. The normalized spacial score (nSPS) is 18.2. The van der Waals surface area contributed by atoms with Gasteiger partial charge in [-0.15, -0.1) is 11.3 Å². The highest BCUT2D eigenvalue weighted by Crippen LogP contribution is 2.28. The van der Waals surface area contributed by atoms with Gasteiger partial charge >= 0.3 is 10.3 Å². The molecule has 0 amide bonds. The van der Waals surface area contributed by atoms with Crippen LogP contribution < -0.4 is 10.5 Å². The lowest BCUT2D eigenvalue weighted by atomic mass is 10.1. The van der Waals surface area contributed by atoms with E-state index in [1.165, 1.54) is 23.9 Å². The molecule has 178 valence electrons. The number of nitrogens with one attached hydrogen (secondary N) is 1. The predicted molar refractivity (Wildman–Crippen MR) is 131 cm³/mol. The van der Waals surface area contributed by atoms with Gasteiger partial charge in [-0.25, -0.2) is 15.1 Å². The van der Waals surface area contributed by atoms with Gasteiger partial charge in [0.25, 0.3) is 0 Å². The topological polar surface area (TPSA) is 141 Å². The number of nitrogens with zero attached hydrogens (tertiary/aromatic N) is 2. The third-order valence-corrected chi connectivity index (χ3v) is 7.29. The van der Waals surface area contributed by atoms with Crippen LogP contribution in [-0.2, 0) is 25.7 Å². The minimum atomic E-state index is -4.07. The number of halogens is 1. The van der Waals surface area contributed by atoms with Crippen molar-refractivity contribution in [2.45, 2.75) is 25.3 Å². The van der Waals surface area contributed by atoms with E-state index < -0.39 is 16.3 Å². The molecule has 12 heteroatoms. The first-order chi connectivity index (χ1) is 16.2. The highest BCUT2D eigenvalue weighted by molar-refractivity contribution is 9.10. The zero-order valence-corrected chi connectivity index (χ0v) is 21.0. The average Bonchev–Trinajstić information content (AvgIpc) is 3.38. The van der Waals surface area contributed by atoms with E-state index in [-0.39, 0.29) is 41.9 Å². The second-order valence-electron chi connectivity index (χ2n) is 7.99. The van der Waals surface area contributed by atoms with Gasteiger partial charge in [-0.1, -0.05) is 28.1 Å². The molecule has 0 unspecified atom stereocenters. The SMILES string of the molecule is NS(=O)(=O)OC[C@@H]1CC(=O)[C@H](Nc2ncncc2C(=O)c2cc(Cc3cccc(Br)c3)cs2)C1. The molecule has 1 saturated carbocycles. The highest BCUT2D eigenvalue weighted by atomic mass is 79.9. The van der Waals surface area contributed by atoms with E-state index in [0.29, 0.717) is 17.7 Å². The molecule has 0 aliphatic heterocycles. The van der Waals surface area contributed by atoms with Crippen molar-refractivity contribution in [2.75, 3.05) is 11.9 Å². The molecule has 0 spiro atoms. The van der Waals surface area contributed by atoms with Crippen LogP contribution in [0.5, 0.6) is 0 Å². The van der Waals surface area contributed by atoms with Crippen LogP contribution in [0, 0.1) is 5.92 Å². The molecule has 1 aliphatic rings. The molecule has 1 aromatic carbocycles. The van der Waals surface area contributed by atoms with Crippen molar-refractivity contribution >= 4 is 55.0 Å². The number of hydrogen-bond donors (Lipinski definition) is 2. The van der Waals surface area contributed by atoms with Crippen LogP contribution in [0.1, 0.15) is 39.2 Å². The zero-order chi connectivity index (χ0) is 24.3. The number of benzene rings is 1. The van der Waals surface area contributed by atoms with Gasteiger partial charge in [0.05, 0.1) is 23.1 Å². The Morgan fingerprint density at radius 1 is 1.29 bits per heavy atom. The Bertz CT molecular complexity index is 1330. The molecule has 1 aliphatic carbocycles. The smallest absolute Gasteiger partial charge is 0.333 e. The summed E-state index contributed by atoms with van der Waals surface area (Å²) in [6.45, 7) is -0.172. The summed E-state index contributed by atoms with van der Waals surface area (Å²) in [5.74, 6) is -0.406. The standard InChI is InChI=1S/C22H21BrN4O5S2/c23-16-3-1-2-13(5-16)4-15-8-20(33-11-15)21(29)17-9-25-12-26-22(17)27-18-6-14(7-19(18)28)10-32-34(24,30)31/h1-3,5,8-9,11-12,14,18H,4,6-7,10H2,(H2,24,30,31)(H,25,26,27)/t14-,18+/m0/s1. The van der Waals surface area contributed by atoms with E-state index in [1.807, 2.05) is 35.7 Å². The van der Waals surface area contributed by atoms with Crippen LogP contribution in [0.3, 0.4) is 0 Å². The van der Waals surface area contributed by atoms with E-state index in [9.17, 15) is 18.0 Å². The summed E-state index contributed by atoms with van der Waals surface area (Å²) in [6, 6.07) is 9.22. The fourth-order valence-electron chi connectivity index (χ4n) is 3.81. The summed E-state index contributed by atoms with van der Waals surface area (Å²) in [7, 11) is -4.07. The van der Waals surface area contributed by atoms with E-state index in [1.54, 1.807) is 0 Å². The van der Waals surface area contributed by atoms with Crippen molar-refractivity contribution in [1.29, 1.82) is 0 Å². The number of hydrogen-bond acceptors (Lipinski definition) is 9. The fraction of sp³-hybridized carbons (Fsp3) is 0.273. The van der Waals surface area contributed by atoms with Gasteiger partial charge in [0.15, 0.2) is 5.78 Å². The number of nitrogens with two attached hydrogens (primary N) is 1. The maximum atomic E-state index is 13.2. The number of Topliss-reactive ketones (excluding diaryl/α,β-unsaturated/α-hetero) is 1. The van der Waals surface area contributed by atoms with Crippen LogP contribution in [0.15, 0.2) is 52.7 Å². The molecule has 3 N–H and O–H groups in total. The Morgan fingerprint density at radius 2 is 2.12 bits per heavy atom. The molecule has 0 saturated heterocycles. The van der Waals surface area contributed by atoms with Crippen LogP contribution in [0.25, 0.3) is 0 Å². The molecule has 2 atom stereocenters. The number of ketones is 2. The maximum Gasteiger partial charge on any atom is 0.333 e. The maximum absolute atomic E-state index is 13.2. The van der Waals surface area contributed by atoms with E-state index in [4.69, 9.17) is 5.14 Å². The lowest BCUT2D eigenvalue weighted by molar-refractivity contribution is -0.118. The Balaban J connectivity index is 1.46. The minimum absolute atomic E-state index is 0.118. The number of anilines is 1. The third-order valence-electron chi connectivity index (χ3n) is 5.36. The van der Waals surface area contributed by atoms with Crippen LogP contribution in [0.4, 0.5) is 5.82 Å². The molecular weight excluding hydrogens is 544 g/mol. The van der Waals surface area contributed by atoms with Crippen LogP contribution in [0.2, 0.25) is 0 Å². The molecule has 2 aromatic heterocycles. The summed E-state index contributed by atoms with van der Waals surface area (Å²) in [4.78, 5) is 34.4. The lowest BCUT2D eigenvalue weighted by Gasteiger charge is -2.14. The van der Waals surface area contributed by atoms with Gasteiger partial charge in [0.1, 0.15) is 12.1 Å². The first-order valence-electron chi connectivity index (χ1n) is 10.3. The number of carbonyl (C=O) groups excluding carboxylic acids is 2. The van der Waals surface area contributed by atoms with Gasteiger partial charge < -0.3 is 5.32 Å². The minimum Gasteiger partial charge on any atom is -0.360 e. The van der Waals surface area contributed by atoms with Gasteiger partial charge in [0, 0.05) is 17.1 Å². The van der Waals surface area contributed by atoms with Crippen molar-refractivity contribution in [3.8, 4) is 0 Å². The molecule has 4 rings (SSSR count). The van der Waals surface area contributed by atoms with Gasteiger partial charge in [-0.2, -0.15) is 8.42 Å². The first kappa shape index (κ1) is 24.6.